The predicted molar refractivity (Wildman–Crippen MR) is 57.7 cm³/mol. The van der Waals surface area contributed by atoms with Gasteiger partial charge in [0.2, 0.25) is 0 Å². The third-order valence-corrected chi connectivity index (χ3v) is 2.11. The summed E-state index contributed by atoms with van der Waals surface area (Å²) in [6, 6.07) is 9.34. The van der Waals surface area contributed by atoms with Crippen molar-refractivity contribution in [2.45, 2.75) is 0 Å². The molecule has 0 N–H and O–H groups in total. The first-order valence-electron chi connectivity index (χ1n) is 4.35. The van der Waals surface area contributed by atoms with Crippen molar-refractivity contribution in [1.82, 2.24) is 9.97 Å². The minimum Gasteiger partial charge on any atom is -0.274 e. The predicted octanol–water partition coefficient (Wildman–Crippen LogP) is 2.52. The van der Waals surface area contributed by atoms with Gasteiger partial charge in [0.25, 0.3) is 5.24 Å². The Morgan fingerprint density at radius 3 is 2.40 bits per heavy atom. The lowest BCUT2D eigenvalue weighted by Crippen LogP contribution is -1.99. The van der Waals surface area contributed by atoms with Crippen LogP contribution in [-0.4, -0.2) is 15.2 Å². The number of rotatable bonds is 2. The van der Waals surface area contributed by atoms with E-state index in [1.807, 2.05) is 30.3 Å². The highest BCUT2D eigenvalue weighted by atomic mass is 35.5. The van der Waals surface area contributed by atoms with Gasteiger partial charge in [0.15, 0.2) is 0 Å². The van der Waals surface area contributed by atoms with E-state index >= 15 is 0 Å². The first kappa shape index (κ1) is 9.80. The topological polar surface area (TPSA) is 42.9 Å². The SMILES string of the molecule is O=C(Cl)c1nccnc1-c1ccccc1. The maximum atomic E-state index is 11.1. The van der Waals surface area contributed by atoms with Gasteiger partial charge >= 0.3 is 0 Å². The second-order valence-corrected chi connectivity index (χ2v) is 3.24. The van der Waals surface area contributed by atoms with Crippen LogP contribution in [0.2, 0.25) is 0 Å². The van der Waals surface area contributed by atoms with Crippen molar-refractivity contribution < 1.29 is 4.79 Å². The molecule has 0 atom stereocenters. The summed E-state index contributed by atoms with van der Waals surface area (Å²) >= 11 is 5.42. The van der Waals surface area contributed by atoms with Crippen LogP contribution < -0.4 is 0 Å². The van der Waals surface area contributed by atoms with Crippen LogP contribution in [0.25, 0.3) is 11.3 Å². The molecule has 74 valence electrons. The Kier molecular flexibility index (Phi) is 2.74. The van der Waals surface area contributed by atoms with E-state index in [1.165, 1.54) is 12.4 Å². The van der Waals surface area contributed by atoms with Crippen molar-refractivity contribution >= 4 is 16.8 Å². The van der Waals surface area contributed by atoms with E-state index < -0.39 is 5.24 Å². The molecular formula is C11H7ClN2O. The van der Waals surface area contributed by atoms with Gasteiger partial charge in [0.1, 0.15) is 11.4 Å². The van der Waals surface area contributed by atoms with E-state index in [2.05, 4.69) is 9.97 Å². The molecule has 0 amide bonds. The minimum atomic E-state index is -0.595. The summed E-state index contributed by atoms with van der Waals surface area (Å²) in [4.78, 5) is 19.1. The average Bonchev–Trinajstić information content (AvgIpc) is 2.30. The van der Waals surface area contributed by atoms with Crippen LogP contribution >= 0.6 is 11.6 Å². The quantitative estimate of drug-likeness (QED) is 0.728. The van der Waals surface area contributed by atoms with Gasteiger partial charge < -0.3 is 0 Å². The fourth-order valence-electron chi connectivity index (χ4n) is 1.29. The molecule has 2 aromatic rings. The molecule has 0 aliphatic carbocycles. The maximum absolute atomic E-state index is 11.1. The van der Waals surface area contributed by atoms with Crippen molar-refractivity contribution in [1.29, 1.82) is 0 Å². The van der Waals surface area contributed by atoms with E-state index in [1.54, 1.807) is 0 Å². The lowest BCUT2D eigenvalue weighted by Gasteiger charge is -2.02. The normalized spacial score (nSPS) is 9.93. The van der Waals surface area contributed by atoms with E-state index in [0.717, 1.165) is 5.56 Å². The zero-order chi connectivity index (χ0) is 10.7. The van der Waals surface area contributed by atoms with Gasteiger partial charge in [-0.15, -0.1) is 0 Å². The number of carbonyl (C=O) groups is 1. The molecule has 0 aliphatic rings. The van der Waals surface area contributed by atoms with Gasteiger partial charge in [-0.25, -0.2) is 4.98 Å². The zero-order valence-corrected chi connectivity index (χ0v) is 8.48. The molecule has 2 rings (SSSR count). The van der Waals surface area contributed by atoms with Gasteiger partial charge in [-0.1, -0.05) is 30.3 Å². The van der Waals surface area contributed by atoms with Crippen LogP contribution in [-0.2, 0) is 0 Å². The number of carbonyl (C=O) groups excluding carboxylic acids is 1. The molecule has 0 saturated heterocycles. The number of hydrogen-bond donors (Lipinski definition) is 0. The molecule has 0 fully saturated rings. The Labute approximate surface area is 91.8 Å². The molecule has 0 aliphatic heterocycles. The second-order valence-electron chi connectivity index (χ2n) is 2.89. The number of halogens is 1. The van der Waals surface area contributed by atoms with Crippen molar-refractivity contribution in [3.05, 3.63) is 48.4 Å². The highest BCUT2D eigenvalue weighted by Crippen LogP contribution is 2.19. The van der Waals surface area contributed by atoms with Crippen LogP contribution in [0, 0.1) is 0 Å². The molecule has 0 unspecified atom stereocenters. The van der Waals surface area contributed by atoms with Crippen LogP contribution in [0.15, 0.2) is 42.7 Å². The number of aromatic nitrogens is 2. The third kappa shape index (κ3) is 2.02. The molecule has 1 aromatic carbocycles. The fourth-order valence-corrected chi connectivity index (χ4v) is 1.43. The third-order valence-electron chi connectivity index (χ3n) is 1.93. The Bertz CT molecular complexity index is 485. The molecule has 0 saturated carbocycles. The average molecular weight is 219 g/mol. The summed E-state index contributed by atoms with van der Waals surface area (Å²) in [6.45, 7) is 0. The molecular weight excluding hydrogens is 212 g/mol. The van der Waals surface area contributed by atoms with Crippen molar-refractivity contribution in [3.63, 3.8) is 0 Å². The van der Waals surface area contributed by atoms with E-state index in [9.17, 15) is 4.79 Å². The highest BCUT2D eigenvalue weighted by molar-refractivity contribution is 6.67. The Hall–Kier alpha value is -1.74. The number of nitrogens with zero attached hydrogens (tertiary/aromatic N) is 2. The highest BCUT2D eigenvalue weighted by Gasteiger charge is 2.12. The molecule has 1 heterocycles. The Morgan fingerprint density at radius 1 is 1.07 bits per heavy atom. The van der Waals surface area contributed by atoms with Gasteiger partial charge in [-0.3, -0.25) is 9.78 Å². The summed E-state index contributed by atoms with van der Waals surface area (Å²) in [5.41, 5.74) is 1.53. The van der Waals surface area contributed by atoms with E-state index in [-0.39, 0.29) is 5.69 Å². The van der Waals surface area contributed by atoms with Crippen LogP contribution in [0.5, 0.6) is 0 Å². The fraction of sp³-hybridized carbons (Fsp3) is 0. The summed E-state index contributed by atoms with van der Waals surface area (Å²) in [5.74, 6) is 0. The van der Waals surface area contributed by atoms with Gasteiger partial charge in [-0.2, -0.15) is 0 Å². The molecule has 0 bridgehead atoms. The molecule has 0 radical (unpaired) electrons. The van der Waals surface area contributed by atoms with Crippen LogP contribution in [0.4, 0.5) is 0 Å². The minimum absolute atomic E-state index is 0.186. The van der Waals surface area contributed by atoms with E-state index in [4.69, 9.17) is 11.6 Å². The smallest absolute Gasteiger partial charge is 0.273 e. The largest absolute Gasteiger partial charge is 0.274 e. The molecule has 1 aromatic heterocycles. The lowest BCUT2D eigenvalue weighted by atomic mass is 10.1. The zero-order valence-electron chi connectivity index (χ0n) is 7.72. The molecule has 15 heavy (non-hydrogen) atoms. The van der Waals surface area contributed by atoms with Gasteiger partial charge in [0.05, 0.1) is 0 Å². The van der Waals surface area contributed by atoms with Crippen LogP contribution in [0.1, 0.15) is 10.5 Å². The van der Waals surface area contributed by atoms with Gasteiger partial charge in [0, 0.05) is 18.0 Å². The first-order chi connectivity index (χ1) is 7.29. The maximum Gasteiger partial charge on any atom is 0.273 e. The summed E-state index contributed by atoms with van der Waals surface area (Å²) in [7, 11) is 0. The summed E-state index contributed by atoms with van der Waals surface area (Å²) < 4.78 is 0. The second kappa shape index (κ2) is 4.19. The number of benzene rings is 1. The first-order valence-corrected chi connectivity index (χ1v) is 4.73. The summed E-state index contributed by atoms with van der Waals surface area (Å²) in [6.07, 6.45) is 2.98. The molecule has 4 heteroatoms. The molecule has 0 spiro atoms. The Morgan fingerprint density at radius 2 is 1.73 bits per heavy atom. The van der Waals surface area contributed by atoms with E-state index in [0.29, 0.717) is 5.69 Å². The van der Waals surface area contributed by atoms with Crippen molar-refractivity contribution in [3.8, 4) is 11.3 Å². The van der Waals surface area contributed by atoms with Crippen molar-refractivity contribution in [2.24, 2.45) is 0 Å². The molecule has 3 nitrogen and oxygen atoms in total. The summed E-state index contributed by atoms with van der Waals surface area (Å²) in [5, 5.41) is -0.595. The van der Waals surface area contributed by atoms with Gasteiger partial charge in [-0.05, 0) is 11.6 Å². The Balaban J connectivity index is 2.58. The lowest BCUT2D eigenvalue weighted by molar-refractivity contribution is 0.107. The van der Waals surface area contributed by atoms with Crippen LogP contribution in [0.3, 0.4) is 0 Å². The standard InChI is InChI=1S/C11H7ClN2O/c12-11(15)10-9(13-6-7-14-10)8-4-2-1-3-5-8/h1-7H. The monoisotopic (exact) mass is 218 g/mol. The number of hydrogen-bond acceptors (Lipinski definition) is 3. The van der Waals surface area contributed by atoms with Crippen molar-refractivity contribution in [2.75, 3.05) is 0 Å².